The van der Waals surface area contributed by atoms with Crippen LogP contribution in [0, 0.1) is 0 Å². The van der Waals surface area contributed by atoms with Crippen LogP contribution in [-0.4, -0.2) is 29.1 Å². The van der Waals surface area contributed by atoms with Crippen molar-refractivity contribution in [2.45, 2.75) is 12.4 Å². The van der Waals surface area contributed by atoms with Gasteiger partial charge >= 0.3 is 12.4 Å². The van der Waals surface area contributed by atoms with Gasteiger partial charge in [0.1, 0.15) is 5.56 Å². The van der Waals surface area contributed by atoms with E-state index < -0.39 is 23.5 Å². The van der Waals surface area contributed by atoms with Gasteiger partial charge < -0.3 is 9.13 Å². The van der Waals surface area contributed by atoms with Gasteiger partial charge in [-0.2, -0.15) is 26.3 Å². The molecule has 16 rings (SSSR count). The number of pyridine rings is 4. The van der Waals surface area contributed by atoms with E-state index in [-0.39, 0.29) is 22.5 Å². The first-order valence-corrected chi connectivity index (χ1v) is 30.6. The molecule has 0 unspecified atom stereocenters. The second kappa shape index (κ2) is 23.0. The zero-order valence-corrected chi connectivity index (χ0v) is 49.8. The third-order valence-corrected chi connectivity index (χ3v) is 17.4. The highest BCUT2D eigenvalue weighted by Gasteiger charge is 2.40. The van der Waals surface area contributed by atoms with Crippen LogP contribution in [0.4, 0.5) is 26.3 Å². The molecule has 0 atom stereocenters. The number of aromatic nitrogens is 6. The van der Waals surface area contributed by atoms with E-state index in [0.717, 1.165) is 57.2 Å². The van der Waals surface area contributed by atoms with Gasteiger partial charge in [-0.1, -0.05) is 182 Å². The molecule has 94 heavy (non-hydrogen) atoms. The summed E-state index contributed by atoms with van der Waals surface area (Å²) >= 11 is 0. The summed E-state index contributed by atoms with van der Waals surface area (Å²) in [5.41, 5.74) is 11.2. The molecule has 6 aromatic heterocycles. The Hall–Kier alpha value is -12.0. The Morgan fingerprint density at radius 1 is 0.213 bits per heavy atom. The normalized spacial score (nSPS) is 11.9. The largest absolute Gasteiger partial charge is 0.420 e. The smallest absolute Gasteiger partial charge is 0.309 e. The summed E-state index contributed by atoms with van der Waals surface area (Å²) in [5.74, 6) is 0. The summed E-state index contributed by atoms with van der Waals surface area (Å²) in [6, 6.07) is 92.0. The predicted octanol–water partition coefficient (Wildman–Crippen LogP) is 22.5. The van der Waals surface area contributed by atoms with Gasteiger partial charge in [0.05, 0.1) is 84.6 Å². The maximum Gasteiger partial charge on any atom is 0.420 e. The van der Waals surface area contributed by atoms with Crippen molar-refractivity contribution < 1.29 is 26.3 Å². The lowest BCUT2D eigenvalue weighted by Crippen LogP contribution is -2.16. The molecule has 450 valence electrons. The number of nitrogens with zero attached hydrogens (tertiary/aromatic N) is 6. The van der Waals surface area contributed by atoms with E-state index in [0.29, 0.717) is 88.6 Å². The Morgan fingerprint density at radius 3 is 0.755 bits per heavy atom. The van der Waals surface area contributed by atoms with Crippen molar-refractivity contribution >= 4 is 43.6 Å². The molecular formula is C82H50F6N6. The van der Waals surface area contributed by atoms with Crippen molar-refractivity contribution in [3.8, 4) is 113 Å². The molecule has 0 fully saturated rings. The maximum atomic E-state index is 17.5. The Balaban J connectivity index is 0.978. The topological polar surface area (TPSA) is 61.4 Å². The molecule has 0 bridgehead atoms. The van der Waals surface area contributed by atoms with Gasteiger partial charge in [-0.05, 0) is 132 Å². The van der Waals surface area contributed by atoms with Crippen molar-refractivity contribution in [3.05, 3.63) is 314 Å². The molecule has 0 saturated carbocycles. The average molecular weight is 1230 g/mol. The SMILES string of the molecule is FC(F)(F)c1cccc(-c2cc(-n3c4ccc(-c5cccc(-c6ccccc6)n5)cc4c4cc(-c5cccc(-c6ccccc6)n5)ccc43)c(C(F)(F)F)c(-n3c4ccc(-c5cccc(-c6ccccc6)n5)cc4c4cc(-c5cccc(-c6ccccc6)n5)ccc43)c2)c1. The summed E-state index contributed by atoms with van der Waals surface area (Å²) in [6.07, 6.45) is -9.87. The third kappa shape index (κ3) is 10.5. The van der Waals surface area contributed by atoms with Gasteiger partial charge in [0.2, 0.25) is 0 Å². The molecule has 12 heteroatoms. The molecule has 0 N–H and O–H groups in total. The third-order valence-electron chi connectivity index (χ3n) is 17.4. The Kier molecular flexibility index (Phi) is 14.0. The van der Waals surface area contributed by atoms with Gasteiger partial charge in [0, 0.05) is 66.1 Å². The zero-order chi connectivity index (χ0) is 63.7. The lowest BCUT2D eigenvalue weighted by atomic mass is 9.97. The van der Waals surface area contributed by atoms with Crippen LogP contribution < -0.4 is 0 Å². The van der Waals surface area contributed by atoms with E-state index in [1.165, 1.54) is 24.3 Å². The summed E-state index contributed by atoms with van der Waals surface area (Å²) < 4.78 is 100. The first kappa shape index (κ1) is 57.2. The highest BCUT2D eigenvalue weighted by molar-refractivity contribution is 6.14. The molecule has 0 saturated heterocycles. The standard InChI is InChI=1S/C82H50F6N6/c83-81(84,85)61-27-13-26-55(44-61)60-49-78(93-74-40-36-56(70-32-14-28-66(89-70)51-18-5-1-6-19-51)45-62(74)63-46-57(37-41-75(63)93)71-33-15-29-67(90-71)52-20-7-2-8-21-52)80(82(86,87)88)79(50-60)94-76-42-38-58(72-34-16-30-68(91-72)53-22-9-3-10-23-53)47-64(76)65-48-59(39-43-77(65)94)73-35-17-31-69(92-73)54-24-11-4-12-25-54/h1-50H. The van der Waals surface area contributed by atoms with Gasteiger partial charge in [0.15, 0.2) is 0 Å². The molecule has 0 spiro atoms. The van der Waals surface area contributed by atoms with Crippen molar-refractivity contribution in [1.29, 1.82) is 0 Å². The van der Waals surface area contributed by atoms with E-state index in [9.17, 15) is 13.2 Å². The predicted molar refractivity (Wildman–Crippen MR) is 365 cm³/mol. The highest BCUT2D eigenvalue weighted by Crippen LogP contribution is 2.48. The van der Waals surface area contributed by atoms with E-state index in [4.69, 9.17) is 19.9 Å². The molecule has 6 heterocycles. The Bertz CT molecular complexity index is 5000. The van der Waals surface area contributed by atoms with Gasteiger partial charge in [-0.3, -0.25) is 0 Å². The first-order valence-electron chi connectivity index (χ1n) is 30.6. The molecule has 16 aromatic rings. The van der Waals surface area contributed by atoms with Gasteiger partial charge in [-0.25, -0.2) is 19.9 Å². The van der Waals surface area contributed by atoms with Crippen molar-refractivity contribution in [2.24, 2.45) is 0 Å². The molecule has 0 aliphatic heterocycles. The maximum absolute atomic E-state index is 17.5. The van der Waals surface area contributed by atoms with Crippen LogP contribution in [0.1, 0.15) is 11.1 Å². The lowest BCUT2D eigenvalue weighted by molar-refractivity contribution is -0.138. The number of rotatable bonds is 11. The number of fused-ring (bicyclic) bond motifs is 6. The minimum Gasteiger partial charge on any atom is -0.309 e. The number of hydrogen-bond donors (Lipinski definition) is 0. The van der Waals surface area contributed by atoms with Gasteiger partial charge in [-0.15, -0.1) is 0 Å². The van der Waals surface area contributed by atoms with Crippen LogP contribution in [0.25, 0.3) is 156 Å². The molecule has 0 radical (unpaired) electrons. The quantitative estimate of drug-likeness (QED) is 0.121. The number of hydrogen-bond acceptors (Lipinski definition) is 4. The first-order chi connectivity index (χ1) is 45.8. The van der Waals surface area contributed by atoms with Crippen molar-refractivity contribution in [3.63, 3.8) is 0 Å². The number of halogens is 6. The molecule has 0 amide bonds. The van der Waals surface area contributed by atoms with Crippen LogP contribution in [0.15, 0.2) is 303 Å². The number of benzene rings is 10. The molecule has 0 aliphatic rings. The van der Waals surface area contributed by atoms with E-state index in [2.05, 4.69) is 0 Å². The summed E-state index contributed by atoms with van der Waals surface area (Å²) in [7, 11) is 0. The Labute approximate surface area is 535 Å². The zero-order valence-electron chi connectivity index (χ0n) is 49.8. The van der Waals surface area contributed by atoms with Crippen LogP contribution in [-0.2, 0) is 12.4 Å². The van der Waals surface area contributed by atoms with Crippen molar-refractivity contribution in [1.82, 2.24) is 29.1 Å². The molecule has 0 aliphatic carbocycles. The van der Waals surface area contributed by atoms with Crippen molar-refractivity contribution in [2.75, 3.05) is 0 Å². The monoisotopic (exact) mass is 1230 g/mol. The lowest BCUT2D eigenvalue weighted by Gasteiger charge is -2.23. The minimum absolute atomic E-state index is 0.0595. The Morgan fingerprint density at radius 2 is 0.479 bits per heavy atom. The van der Waals surface area contributed by atoms with Crippen LogP contribution in [0.2, 0.25) is 0 Å². The fraction of sp³-hybridized carbons (Fsp3) is 0.0244. The minimum atomic E-state index is -5.10. The number of alkyl halides is 6. The fourth-order valence-electron chi connectivity index (χ4n) is 13.0. The highest BCUT2D eigenvalue weighted by atomic mass is 19.4. The van der Waals surface area contributed by atoms with E-state index >= 15 is 13.2 Å². The second-order valence-corrected chi connectivity index (χ2v) is 23.2. The van der Waals surface area contributed by atoms with Crippen LogP contribution in [0.3, 0.4) is 0 Å². The molecule has 6 nitrogen and oxygen atoms in total. The average Bonchev–Trinajstić information content (AvgIpc) is 1.53. The van der Waals surface area contributed by atoms with E-state index in [1.807, 2.05) is 243 Å². The fourth-order valence-corrected chi connectivity index (χ4v) is 13.0. The molecular weight excluding hydrogens is 1180 g/mol. The summed E-state index contributed by atoms with van der Waals surface area (Å²) in [4.78, 5) is 20.4. The van der Waals surface area contributed by atoms with E-state index in [1.54, 1.807) is 33.4 Å². The second-order valence-electron chi connectivity index (χ2n) is 23.2. The van der Waals surface area contributed by atoms with Crippen LogP contribution >= 0.6 is 0 Å². The summed E-state index contributed by atoms with van der Waals surface area (Å²) in [6.45, 7) is 0. The van der Waals surface area contributed by atoms with Gasteiger partial charge in [0.25, 0.3) is 0 Å². The molecule has 10 aromatic carbocycles. The van der Waals surface area contributed by atoms with Crippen LogP contribution in [0.5, 0.6) is 0 Å². The summed E-state index contributed by atoms with van der Waals surface area (Å²) in [5, 5.41) is 2.41.